The molecule has 0 saturated carbocycles. The molecule has 0 bridgehead atoms. The van der Waals surface area contributed by atoms with Crippen LogP contribution in [0.1, 0.15) is 27.6 Å². The number of hydrogen-bond acceptors (Lipinski definition) is 5. The van der Waals surface area contributed by atoms with Crippen molar-refractivity contribution in [3.05, 3.63) is 83.7 Å². The Morgan fingerprint density at radius 1 is 1.03 bits per heavy atom. The molecule has 1 aromatic heterocycles. The minimum atomic E-state index is -0.885. The van der Waals surface area contributed by atoms with E-state index < -0.39 is 23.5 Å². The molecule has 0 spiro atoms. The van der Waals surface area contributed by atoms with Crippen LogP contribution in [0, 0.1) is 11.6 Å². The first-order valence-electron chi connectivity index (χ1n) is 8.72. The number of para-hydroxylation sites is 1. The quantitative estimate of drug-likeness (QED) is 0.598. The molecule has 2 N–H and O–H groups in total. The van der Waals surface area contributed by atoms with Gasteiger partial charge in [-0.2, -0.15) is 0 Å². The van der Waals surface area contributed by atoms with Gasteiger partial charge in [0.25, 0.3) is 5.91 Å². The van der Waals surface area contributed by atoms with Gasteiger partial charge in [0, 0.05) is 12.3 Å². The summed E-state index contributed by atoms with van der Waals surface area (Å²) in [7, 11) is 0. The Morgan fingerprint density at radius 3 is 2.59 bits per heavy atom. The minimum Gasteiger partial charge on any atom is -0.462 e. The zero-order chi connectivity index (χ0) is 20.8. The summed E-state index contributed by atoms with van der Waals surface area (Å²) < 4.78 is 31.8. The van der Waals surface area contributed by atoms with Crippen molar-refractivity contribution < 1.29 is 23.1 Å². The number of carbonyl (C=O) groups excluding carboxylic acids is 2. The maximum absolute atomic E-state index is 13.7. The predicted octanol–water partition coefficient (Wildman–Crippen LogP) is 4.53. The first kappa shape index (κ1) is 19.9. The minimum absolute atomic E-state index is 0.146. The Kier molecular flexibility index (Phi) is 6.13. The van der Waals surface area contributed by atoms with Crippen molar-refractivity contribution in [1.82, 2.24) is 4.98 Å². The summed E-state index contributed by atoms with van der Waals surface area (Å²) in [6, 6.07) is 11.1. The predicted molar refractivity (Wildman–Crippen MR) is 104 cm³/mol. The van der Waals surface area contributed by atoms with E-state index in [1.807, 2.05) is 0 Å². The molecule has 8 heteroatoms. The molecule has 0 fully saturated rings. The fourth-order valence-corrected chi connectivity index (χ4v) is 2.55. The molecule has 1 amide bonds. The van der Waals surface area contributed by atoms with Gasteiger partial charge in [0.15, 0.2) is 0 Å². The number of ether oxygens (including phenoxy) is 1. The van der Waals surface area contributed by atoms with Crippen LogP contribution in [0.15, 0.2) is 60.9 Å². The summed E-state index contributed by atoms with van der Waals surface area (Å²) in [6.45, 7) is 1.95. The summed E-state index contributed by atoms with van der Waals surface area (Å²) in [5.74, 6) is -2.73. The molecular formula is C21H17F2N3O3. The average molecular weight is 397 g/mol. The molecule has 0 aliphatic carbocycles. The monoisotopic (exact) mass is 397 g/mol. The van der Waals surface area contributed by atoms with Crippen LogP contribution in [0.4, 0.5) is 25.8 Å². The third kappa shape index (κ3) is 4.92. The lowest BCUT2D eigenvalue weighted by molar-refractivity contribution is 0.0527. The molecule has 0 aliphatic heterocycles. The van der Waals surface area contributed by atoms with E-state index in [0.717, 1.165) is 12.1 Å². The first-order chi connectivity index (χ1) is 14.0. The smallest absolute Gasteiger partial charge is 0.340 e. The van der Waals surface area contributed by atoms with Gasteiger partial charge in [0.2, 0.25) is 0 Å². The van der Waals surface area contributed by atoms with Crippen LogP contribution in [-0.2, 0) is 4.74 Å². The number of nitrogens with zero attached hydrogens (tertiary/aromatic N) is 1. The second-order valence-corrected chi connectivity index (χ2v) is 5.93. The molecule has 0 atom stereocenters. The van der Waals surface area contributed by atoms with Gasteiger partial charge in [-0.1, -0.05) is 12.1 Å². The summed E-state index contributed by atoms with van der Waals surface area (Å²) >= 11 is 0. The Hall–Kier alpha value is -3.81. The van der Waals surface area contributed by atoms with E-state index in [4.69, 9.17) is 4.74 Å². The van der Waals surface area contributed by atoms with Gasteiger partial charge in [0.1, 0.15) is 11.6 Å². The number of esters is 1. The van der Waals surface area contributed by atoms with Gasteiger partial charge in [-0.25, -0.2) is 13.6 Å². The number of rotatable bonds is 6. The highest BCUT2D eigenvalue weighted by Crippen LogP contribution is 2.22. The first-order valence-corrected chi connectivity index (χ1v) is 8.72. The van der Waals surface area contributed by atoms with Crippen LogP contribution in [0.3, 0.4) is 0 Å². The Morgan fingerprint density at radius 2 is 1.83 bits per heavy atom. The van der Waals surface area contributed by atoms with Crippen molar-refractivity contribution in [1.29, 1.82) is 0 Å². The van der Waals surface area contributed by atoms with Crippen LogP contribution in [0.5, 0.6) is 0 Å². The number of hydrogen-bond donors (Lipinski definition) is 2. The van der Waals surface area contributed by atoms with E-state index in [1.165, 1.54) is 18.5 Å². The Balaban J connectivity index is 1.80. The summed E-state index contributed by atoms with van der Waals surface area (Å²) in [5.41, 5.74) is 1.25. The third-order valence-electron chi connectivity index (χ3n) is 3.88. The fourth-order valence-electron chi connectivity index (χ4n) is 2.55. The third-order valence-corrected chi connectivity index (χ3v) is 3.88. The van der Waals surface area contributed by atoms with Gasteiger partial charge in [-0.15, -0.1) is 0 Å². The second kappa shape index (κ2) is 8.92. The maximum atomic E-state index is 13.7. The lowest BCUT2D eigenvalue weighted by Gasteiger charge is -2.12. The number of benzene rings is 2. The zero-order valence-corrected chi connectivity index (χ0v) is 15.4. The second-order valence-electron chi connectivity index (χ2n) is 5.93. The number of halogens is 2. The number of anilines is 3. The molecule has 29 heavy (non-hydrogen) atoms. The van der Waals surface area contributed by atoms with Crippen molar-refractivity contribution in [3.63, 3.8) is 0 Å². The molecule has 3 rings (SSSR count). The van der Waals surface area contributed by atoms with E-state index in [1.54, 1.807) is 31.2 Å². The van der Waals surface area contributed by atoms with E-state index in [0.29, 0.717) is 23.0 Å². The van der Waals surface area contributed by atoms with Crippen molar-refractivity contribution in [3.8, 4) is 0 Å². The lowest BCUT2D eigenvalue weighted by Crippen LogP contribution is -2.14. The number of carbonyl (C=O) groups is 2. The molecule has 1 heterocycles. The number of aromatic nitrogens is 1. The molecule has 3 aromatic rings. The molecule has 0 radical (unpaired) electrons. The van der Waals surface area contributed by atoms with Crippen LogP contribution in [-0.4, -0.2) is 23.5 Å². The summed E-state index contributed by atoms with van der Waals surface area (Å²) in [4.78, 5) is 28.5. The standard InChI is InChI=1S/C21H17F2N3O3/c1-2-29-21(28)16-5-3-4-6-18(16)25-15-9-13(11-24-12-15)20(27)26-19-8-7-14(22)10-17(19)23/h3-12,25H,2H2,1H3,(H,26,27). The molecule has 2 aromatic carbocycles. The summed E-state index contributed by atoms with van der Waals surface area (Å²) in [5, 5.41) is 5.39. The van der Waals surface area contributed by atoms with Crippen LogP contribution < -0.4 is 10.6 Å². The highest BCUT2D eigenvalue weighted by Gasteiger charge is 2.14. The Labute approximate surface area is 165 Å². The highest BCUT2D eigenvalue weighted by atomic mass is 19.1. The van der Waals surface area contributed by atoms with Crippen LogP contribution in [0.25, 0.3) is 0 Å². The van der Waals surface area contributed by atoms with Gasteiger partial charge in [-0.05, 0) is 37.3 Å². The van der Waals surface area contributed by atoms with Gasteiger partial charge in [0.05, 0.1) is 41.0 Å². The van der Waals surface area contributed by atoms with Crippen molar-refractivity contribution in [2.75, 3.05) is 17.2 Å². The van der Waals surface area contributed by atoms with Gasteiger partial charge < -0.3 is 15.4 Å². The van der Waals surface area contributed by atoms with Gasteiger partial charge in [-0.3, -0.25) is 9.78 Å². The van der Waals surface area contributed by atoms with E-state index in [2.05, 4.69) is 15.6 Å². The SMILES string of the molecule is CCOC(=O)c1ccccc1Nc1cncc(C(=O)Nc2ccc(F)cc2F)c1. The van der Waals surface area contributed by atoms with Gasteiger partial charge >= 0.3 is 5.97 Å². The molecular weight excluding hydrogens is 380 g/mol. The largest absolute Gasteiger partial charge is 0.462 e. The molecule has 0 unspecified atom stereocenters. The van der Waals surface area contributed by atoms with Crippen LogP contribution in [0.2, 0.25) is 0 Å². The number of amides is 1. The van der Waals surface area contributed by atoms with Crippen molar-refractivity contribution >= 4 is 28.9 Å². The molecule has 6 nitrogen and oxygen atoms in total. The highest BCUT2D eigenvalue weighted by molar-refractivity contribution is 6.04. The molecule has 148 valence electrons. The zero-order valence-electron chi connectivity index (χ0n) is 15.4. The summed E-state index contributed by atoms with van der Waals surface area (Å²) in [6.07, 6.45) is 2.77. The molecule has 0 aliphatic rings. The Bertz CT molecular complexity index is 1060. The lowest BCUT2D eigenvalue weighted by atomic mass is 10.1. The maximum Gasteiger partial charge on any atom is 0.340 e. The number of nitrogens with one attached hydrogen (secondary N) is 2. The number of pyridine rings is 1. The fraction of sp³-hybridized carbons (Fsp3) is 0.0952. The average Bonchev–Trinajstić information content (AvgIpc) is 2.71. The van der Waals surface area contributed by atoms with E-state index in [9.17, 15) is 18.4 Å². The topological polar surface area (TPSA) is 80.3 Å². The van der Waals surface area contributed by atoms with E-state index in [-0.39, 0.29) is 17.9 Å². The van der Waals surface area contributed by atoms with Crippen LogP contribution >= 0.6 is 0 Å². The normalized spacial score (nSPS) is 10.3. The molecule has 0 saturated heterocycles. The van der Waals surface area contributed by atoms with E-state index >= 15 is 0 Å². The van der Waals surface area contributed by atoms with Crippen molar-refractivity contribution in [2.24, 2.45) is 0 Å². The van der Waals surface area contributed by atoms with Crippen molar-refractivity contribution in [2.45, 2.75) is 6.92 Å².